The molecule has 0 unspecified atom stereocenters. The van der Waals surface area contributed by atoms with E-state index in [2.05, 4.69) is 16.9 Å². The van der Waals surface area contributed by atoms with Gasteiger partial charge < -0.3 is 0 Å². The van der Waals surface area contributed by atoms with Gasteiger partial charge in [0.2, 0.25) is 0 Å². The van der Waals surface area contributed by atoms with E-state index in [1.807, 2.05) is 60.1 Å². The van der Waals surface area contributed by atoms with Gasteiger partial charge in [-0.3, -0.25) is 4.79 Å². The Hall–Kier alpha value is -2.88. The first kappa shape index (κ1) is 13.1. The standard InChI is InChI=1S/C17H15N3O/c1-20-15-10-6-5-7-13(15)11-12-16(20)18-19-17(21)14-8-3-2-4-9-14/h2-12H,1H3,(H,19,21)/p+1. The SMILES string of the molecule is C[n+]1c(NNC(=O)c2ccccc2)ccc2ccccc21. The topological polar surface area (TPSA) is 45.0 Å². The van der Waals surface area contributed by atoms with Gasteiger partial charge in [0, 0.05) is 17.0 Å². The summed E-state index contributed by atoms with van der Waals surface area (Å²) in [5.41, 5.74) is 7.39. The number of carbonyl (C=O) groups is 1. The van der Waals surface area contributed by atoms with Gasteiger partial charge in [-0.1, -0.05) is 36.4 Å². The Morgan fingerprint density at radius 1 is 0.905 bits per heavy atom. The number of pyridine rings is 1. The molecule has 1 heterocycles. The van der Waals surface area contributed by atoms with Gasteiger partial charge in [0.25, 0.3) is 11.7 Å². The number of hydrogen-bond acceptors (Lipinski definition) is 2. The second-order valence-electron chi connectivity index (χ2n) is 4.78. The molecule has 0 bridgehead atoms. The first-order valence-corrected chi connectivity index (χ1v) is 6.75. The Bertz CT molecular complexity index is 784. The van der Waals surface area contributed by atoms with E-state index in [4.69, 9.17) is 0 Å². The number of fused-ring (bicyclic) bond motifs is 1. The van der Waals surface area contributed by atoms with Crippen molar-refractivity contribution < 1.29 is 9.36 Å². The smallest absolute Gasteiger partial charge is 0.266 e. The minimum Gasteiger partial charge on any atom is -0.266 e. The van der Waals surface area contributed by atoms with E-state index in [-0.39, 0.29) is 5.91 Å². The van der Waals surface area contributed by atoms with Crippen LogP contribution in [0, 0.1) is 0 Å². The molecule has 0 radical (unpaired) electrons. The molecule has 1 aromatic heterocycles. The number of hydrogen-bond donors (Lipinski definition) is 2. The lowest BCUT2D eigenvalue weighted by atomic mass is 10.2. The molecule has 4 heteroatoms. The summed E-state index contributed by atoms with van der Waals surface area (Å²) in [6.07, 6.45) is 0. The Kier molecular flexibility index (Phi) is 3.51. The van der Waals surface area contributed by atoms with Crippen molar-refractivity contribution in [2.75, 3.05) is 5.43 Å². The van der Waals surface area contributed by atoms with Crippen LogP contribution >= 0.6 is 0 Å². The molecule has 21 heavy (non-hydrogen) atoms. The van der Waals surface area contributed by atoms with Crippen LogP contribution in [0.5, 0.6) is 0 Å². The third-order valence-corrected chi connectivity index (χ3v) is 3.42. The fraction of sp³-hybridized carbons (Fsp3) is 0.0588. The maximum atomic E-state index is 12.0. The number of rotatable bonds is 3. The third-order valence-electron chi connectivity index (χ3n) is 3.42. The van der Waals surface area contributed by atoms with Crippen molar-refractivity contribution in [3.8, 4) is 0 Å². The van der Waals surface area contributed by atoms with E-state index < -0.39 is 0 Å². The second kappa shape index (κ2) is 5.63. The zero-order chi connectivity index (χ0) is 14.7. The Morgan fingerprint density at radius 3 is 2.43 bits per heavy atom. The fourth-order valence-electron chi connectivity index (χ4n) is 2.25. The number of amides is 1. The number of benzene rings is 2. The van der Waals surface area contributed by atoms with Crippen LogP contribution < -0.4 is 15.4 Å². The summed E-state index contributed by atoms with van der Waals surface area (Å²) < 4.78 is 2.00. The summed E-state index contributed by atoms with van der Waals surface area (Å²) in [7, 11) is 1.96. The predicted molar refractivity (Wildman–Crippen MR) is 82.7 cm³/mol. The summed E-state index contributed by atoms with van der Waals surface area (Å²) in [4.78, 5) is 12.0. The molecule has 3 rings (SSSR count). The van der Waals surface area contributed by atoms with Crippen molar-refractivity contribution in [2.45, 2.75) is 0 Å². The highest BCUT2D eigenvalue weighted by molar-refractivity contribution is 5.94. The Balaban J connectivity index is 1.80. The number of carbonyl (C=O) groups excluding carboxylic acids is 1. The van der Waals surface area contributed by atoms with Gasteiger partial charge in [0.15, 0.2) is 0 Å². The minimum absolute atomic E-state index is 0.163. The molecule has 0 saturated carbocycles. The molecule has 0 spiro atoms. The summed E-state index contributed by atoms with van der Waals surface area (Å²) in [5, 5.41) is 1.15. The van der Waals surface area contributed by atoms with E-state index in [1.54, 1.807) is 12.1 Å². The number of nitrogens with one attached hydrogen (secondary N) is 2. The summed E-state index contributed by atoms with van der Waals surface area (Å²) in [6.45, 7) is 0. The van der Waals surface area contributed by atoms with Crippen LogP contribution in [0.2, 0.25) is 0 Å². The number of aromatic nitrogens is 1. The van der Waals surface area contributed by atoms with Crippen LogP contribution in [-0.2, 0) is 7.05 Å². The highest BCUT2D eigenvalue weighted by atomic mass is 16.2. The average Bonchev–Trinajstić information content (AvgIpc) is 2.55. The van der Waals surface area contributed by atoms with E-state index in [9.17, 15) is 4.79 Å². The first-order valence-electron chi connectivity index (χ1n) is 6.75. The van der Waals surface area contributed by atoms with E-state index in [0.29, 0.717) is 5.56 Å². The number of anilines is 1. The molecule has 0 fully saturated rings. The van der Waals surface area contributed by atoms with Crippen molar-refractivity contribution in [1.82, 2.24) is 5.43 Å². The molecule has 4 nitrogen and oxygen atoms in total. The highest BCUT2D eigenvalue weighted by Gasteiger charge is 2.11. The molecule has 0 aliphatic carbocycles. The molecule has 0 atom stereocenters. The van der Waals surface area contributed by atoms with Crippen molar-refractivity contribution in [1.29, 1.82) is 0 Å². The maximum Gasteiger partial charge on any atom is 0.298 e. The largest absolute Gasteiger partial charge is 0.298 e. The minimum atomic E-state index is -0.163. The molecule has 2 aromatic carbocycles. The van der Waals surface area contributed by atoms with Crippen LogP contribution in [0.15, 0.2) is 66.7 Å². The second-order valence-corrected chi connectivity index (χ2v) is 4.78. The number of hydrazine groups is 1. The lowest BCUT2D eigenvalue weighted by Crippen LogP contribution is -2.39. The first-order chi connectivity index (χ1) is 10.3. The predicted octanol–water partition coefficient (Wildman–Crippen LogP) is 2.42. The molecular weight excluding hydrogens is 262 g/mol. The number of nitrogens with zero attached hydrogens (tertiary/aromatic N) is 1. The maximum absolute atomic E-state index is 12.0. The fourth-order valence-corrected chi connectivity index (χ4v) is 2.25. The van der Waals surface area contributed by atoms with E-state index in [0.717, 1.165) is 16.7 Å². The van der Waals surface area contributed by atoms with Gasteiger partial charge in [-0.2, -0.15) is 10.9 Å². The summed E-state index contributed by atoms with van der Waals surface area (Å²) >= 11 is 0. The third kappa shape index (κ3) is 2.69. The molecule has 0 aliphatic rings. The molecular formula is C17H16N3O+. The van der Waals surface area contributed by atoms with Crippen LogP contribution in [-0.4, -0.2) is 5.91 Å². The van der Waals surface area contributed by atoms with Crippen LogP contribution in [0.1, 0.15) is 10.4 Å². The molecule has 0 saturated heterocycles. The van der Waals surface area contributed by atoms with Crippen LogP contribution in [0.25, 0.3) is 10.9 Å². The van der Waals surface area contributed by atoms with Gasteiger partial charge in [0.05, 0.1) is 7.05 Å². The summed E-state index contributed by atoms with van der Waals surface area (Å²) in [6, 6.07) is 21.2. The lowest BCUT2D eigenvalue weighted by Gasteiger charge is -2.07. The van der Waals surface area contributed by atoms with Gasteiger partial charge in [-0.15, -0.1) is 0 Å². The molecule has 3 aromatic rings. The van der Waals surface area contributed by atoms with E-state index >= 15 is 0 Å². The average molecular weight is 278 g/mol. The summed E-state index contributed by atoms with van der Waals surface area (Å²) in [5.74, 6) is 0.654. The zero-order valence-electron chi connectivity index (χ0n) is 11.7. The van der Waals surface area contributed by atoms with Gasteiger partial charge in [0.1, 0.15) is 5.52 Å². The van der Waals surface area contributed by atoms with Crippen molar-refractivity contribution in [3.05, 3.63) is 72.3 Å². The number of para-hydroxylation sites is 1. The van der Waals surface area contributed by atoms with Crippen LogP contribution in [0.4, 0.5) is 5.82 Å². The normalized spacial score (nSPS) is 10.3. The van der Waals surface area contributed by atoms with Gasteiger partial charge in [-0.25, -0.2) is 4.57 Å². The molecule has 104 valence electrons. The quantitative estimate of drug-likeness (QED) is 0.571. The molecule has 2 N–H and O–H groups in total. The Morgan fingerprint density at radius 2 is 1.62 bits per heavy atom. The highest BCUT2D eigenvalue weighted by Crippen LogP contribution is 2.11. The van der Waals surface area contributed by atoms with Crippen molar-refractivity contribution in [3.63, 3.8) is 0 Å². The van der Waals surface area contributed by atoms with Crippen LogP contribution in [0.3, 0.4) is 0 Å². The molecule has 1 amide bonds. The van der Waals surface area contributed by atoms with Gasteiger partial charge in [-0.05, 0) is 24.3 Å². The van der Waals surface area contributed by atoms with E-state index in [1.165, 1.54) is 0 Å². The monoisotopic (exact) mass is 278 g/mol. The van der Waals surface area contributed by atoms with Gasteiger partial charge >= 0.3 is 0 Å². The number of aryl methyl sites for hydroxylation is 1. The lowest BCUT2D eigenvalue weighted by molar-refractivity contribution is -0.630. The van der Waals surface area contributed by atoms with Crippen molar-refractivity contribution in [2.24, 2.45) is 7.05 Å². The Labute approximate surface area is 123 Å². The molecule has 0 aliphatic heterocycles. The van der Waals surface area contributed by atoms with Crippen molar-refractivity contribution >= 4 is 22.6 Å². The zero-order valence-corrected chi connectivity index (χ0v) is 11.7.